The Bertz CT molecular complexity index is 770. The Morgan fingerprint density at radius 2 is 1.84 bits per heavy atom. The standard InChI is InChI=1S/C17H21N5O2S/c1-5-10-22-12(3)20-21-17(22)25-11(2)16(24)19-15-8-6-14(7-9-15)18-13(4)23/h5-9,11H,1,10H2,2-4H3,(H,18,23)(H,19,24)/t11-/m0/s1. The highest BCUT2D eigenvalue weighted by atomic mass is 32.2. The van der Waals surface area contributed by atoms with Crippen LogP contribution in [0.15, 0.2) is 42.1 Å². The van der Waals surface area contributed by atoms with Gasteiger partial charge in [0.1, 0.15) is 5.82 Å². The molecule has 2 rings (SSSR count). The summed E-state index contributed by atoms with van der Waals surface area (Å²) in [6.07, 6.45) is 1.77. The van der Waals surface area contributed by atoms with Crippen molar-refractivity contribution in [1.29, 1.82) is 0 Å². The molecule has 1 aromatic heterocycles. The fourth-order valence-corrected chi connectivity index (χ4v) is 2.99. The lowest BCUT2D eigenvalue weighted by Crippen LogP contribution is -2.23. The van der Waals surface area contributed by atoms with Crippen molar-refractivity contribution >= 4 is 35.0 Å². The van der Waals surface area contributed by atoms with Crippen molar-refractivity contribution < 1.29 is 9.59 Å². The number of allylic oxidation sites excluding steroid dienone is 1. The van der Waals surface area contributed by atoms with Gasteiger partial charge in [0.05, 0.1) is 5.25 Å². The van der Waals surface area contributed by atoms with Crippen LogP contribution in [0.5, 0.6) is 0 Å². The second-order valence-corrected chi connectivity index (χ2v) is 6.74. The molecule has 25 heavy (non-hydrogen) atoms. The molecule has 0 aliphatic carbocycles. The summed E-state index contributed by atoms with van der Waals surface area (Å²) in [4.78, 5) is 23.4. The largest absolute Gasteiger partial charge is 0.326 e. The van der Waals surface area contributed by atoms with Gasteiger partial charge in [0.15, 0.2) is 5.16 Å². The van der Waals surface area contributed by atoms with Gasteiger partial charge in [0.2, 0.25) is 11.8 Å². The first-order chi connectivity index (χ1) is 11.9. The summed E-state index contributed by atoms with van der Waals surface area (Å²) in [6.45, 7) is 9.44. The lowest BCUT2D eigenvalue weighted by molar-refractivity contribution is -0.115. The van der Waals surface area contributed by atoms with Crippen LogP contribution in [0.3, 0.4) is 0 Å². The van der Waals surface area contributed by atoms with E-state index in [1.54, 1.807) is 30.3 Å². The highest BCUT2D eigenvalue weighted by Crippen LogP contribution is 2.23. The molecule has 0 aliphatic rings. The molecule has 1 aromatic carbocycles. The molecule has 8 heteroatoms. The predicted molar refractivity (Wildman–Crippen MR) is 99.7 cm³/mol. The van der Waals surface area contributed by atoms with Gasteiger partial charge in [-0.25, -0.2) is 0 Å². The summed E-state index contributed by atoms with van der Waals surface area (Å²) in [6, 6.07) is 6.95. The molecule has 132 valence electrons. The summed E-state index contributed by atoms with van der Waals surface area (Å²) in [5, 5.41) is 14.0. The predicted octanol–water partition coefficient (Wildman–Crippen LogP) is 2.85. The minimum absolute atomic E-state index is 0.136. The first kappa shape index (κ1) is 18.7. The molecule has 7 nitrogen and oxygen atoms in total. The van der Waals surface area contributed by atoms with Crippen LogP contribution in [0.4, 0.5) is 11.4 Å². The van der Waals surface area contributed by atoms with Gasteiger partial charge in [-0.05, 0) is 38.1 Å². The number of thioether (sulfide) groups is 1. The zero-order valence-electron chi connectivity index (χ0n) is 14.4. The molecule has 0 radical (unpaired) electrons. The zero-order chi connectivity index (χ0) is 18.4. The van der Waals surface area contributed by atoms with E-state index < -0.39 is 0 Å². The number of anilines is 2. The molecule has 0 fully saturated rings. The Morgan fingerprint density at radius 3 is 2.40 bits per heavy atom. The molecule has 1 atom stereocenters. The first-order valence-electron chi connectivity index (χ1n) is 7.76. The average Bonchev–Trinajstić information content (AvgIpc) is 2.90. The van der Waals surface area contributed by atoms with Crippen molar-refractivity contribution in [2.24, 2.45) is 0 Å². The van der Waals surface area contributed by atoms with Crippen molar-refractivity contribution in [3.8, 4) is 0 Å². The highest BCUT2D eigenvalue weighted by Gasteiger charge is 2.19. The molecule has 0 saturated heterocycles. The van der Waals surface area contributed by atoms with Gasteiger partial charge in [-0.3, -0.25) is 9.59 Å². The molecule has 0 spiro atoms. The molecule has 0 bridgehead atoms. The van der Waals surface area contributed by atoms with Crippen molar-refractivity contribution in [3.05, 3.63) is 42.7 Å². The molecular weight excluding hydrogens is 338 g/mol. The van der Waals surface area contributed by atoms with Crippen molar-refractivity contribution in [3.63, 3.8) is 0 Å². The smallest absolute Gasteiger partial charge is 0.237 e. The van der Waals surface area contributed by atoms with Crippen LogP contribution < -0.4 is 10.6 Å². The van der Waals surface area contributed by atoms with E-state index in [2.05, 4.69) is 27.4 Å². The number of carbonyl (C=O) groups excluding carboxylic acids is 2. The summed E-state index contributed by atoms with van der Waals surface area (Å²) in [5.41, 5.74) is 1.34. The maximum atomic E-state index is 12.4. The quantitative estimate of drug-likeness (QED) is 0.586. The number of nitrogens with one attached hydrogen (secondary N) is 2. The van der Waals surface area contributed by atoms with E-state index >= 15 is 0 Å². The van der Waals surface area contributed by atoms with E-state index in [-0.39, 0.29) is 17.1 Å². The van der Waals surface area contributed by atoms with Gasteiger partial charge in [0, 0.05) is 24.8 Å². The summed E-state index contributed by atoms with van der Waals surface area (Å²) in [5.74, 6) is 0.507. The van der Waals surface area contributed by atoms with Crippen molar-refractivity contribution in [2.75, 3.05) is 10.6 Å². The van der Waals surface area contributed by atoms with E-state index in [1.807, 2.05) is 18.4 Å². The number of hydrogen-bond acceptors (Lipinski definition) is 5. The van der Waals surface area contributed by atoms with Gasteiger partial charge < -0.3 is 15.2 Å². The van der Waals surface area contributed by atoms with Crippen LogP contribution in [0.25, 0.3) is 0 Å². The number of rotatable bonds is 7. The van der Waals surface area contributed by atoms with Gasteiger partial charge in [-0.1, -0.05) is 17.8 Å². The summed E-state index contributed by atoms with van der Waals surface area (Å²) in [7, 11) is 0. The minimum Gasteiger partial charge on any atom is -0.326 e. The van der Waals surface area contributed by atoms with Gasteiger partial charge in [-0.15, -0.1) is 16.8 Å². The van der Waals surface area contributed by atoms with Gasteiger partial charge >= 0.3 is 0 Å². The van der Waals surface area contributed by atoms with Gasteiger partial charge in [0.25, 0.3) is 0 Å². The monoisotopic (exact) mass is 359 g/mol. The Kier molecular flexibility index (Phi) is 6.35. The number of aryl methyl sites for hydroxylation is 1. The topological polar surface area (TPSA) is 88.9 Å². The first-order valence-corrected chi connectivity index (χ1v) is 8.64. The minimum atomic E-state index is -0.345. The Balaban J connectivity index is 1.98. The molecule has 0 unspecified atom stereocenters. The maximum Gasteiger partial charge on any atom is 0.237 e. The van der Waals surface area contributed by atoms with E-state index in [1.165, 1.54) is 18.7 Å². The second-order valence-electron chi connectivity index (χ2n) is 5.44. The highest BCUT2D eigenvalue weighted by molar-refractivity contribution is 8.00. The number of amides is 2. The molecule has 2 amide bonds. The number of hydrogen-bond donors (Lipinski definition) is 2. The molecule has 0 aliphatic heterocycles. The zero-order valence-corrected chi connectivity index (χ0v) is 15.3. The van der Waals surface area contributed by atoms with Gasteiger partial charge in [-0.2, -0.15) is 0 Å². The fourth-order valence-electron chi connectivity index (χ4n) is 2.08. The van der Waals surface area contributed by atoms with Crippen LogP contribution in [-0.2, 0) is 16.1 Å². The van der Waals surface area contributed by atoms with Crippen LogP contribution in [0.1, 0.15) is 19.7 Å². The average molecular weight is 359 g/mol. The molecule has 2 aromatic rings. The number of aromatic nitrogens is 3. The Hall–Kier alpha value is -2.61. The van der Waals surface area contributed by atoms with Crippen LogP contribution in [0.2, 0.25) is 0 Å². The van der Waals surface area contributed by atoms with Crippen molar-refractivity contribution in [1.82, 2.24) is 14.8 Å². The normalized spacial score (nSPS) is 11.6. The lowest BCUT2D eigenvalue weighted by Gasteiger charge is -2.13. The number of carbonyl (C=O) groups is 2. The van der Waals surface area contributed by atoms with E-state index in [0.29, 0.717) is 23.1 Å². The fraction of sp³-hybridized carbons (Fsp3) is 0.294. The molecule has 2 N–H and O–H groups in total. The van der Waals surface area contributed by atoms with E-state index in [0.717, 1.165) is 5.82 Å². The third kappa shape index (κ3) is 5.18. The Morgan fingerprint density at radius 1 is 1.24 bits per heavy atom. The maximum absolute atomic E-state index is 12.4. The molecule has 0 saturated carbocycles. The van der Waals surface area contributed by atoms with E-state index in [9.17, 15) is 9.59 Å². The summed E-state index contributed by atoms with van der Waals surface area (Å²) >= 11 is 1.34. The third-order valence-corrected chi connectivity index (χ3v) is 4.42. The SMILES string of the molecule is C=CCn1c(C)nnc1S[C@@H](C)C(=O)Nc1ccc(NC(C)=O)cc1. The molecule has 1 heterocycles. The van der Waals surface area contributed by atoms with Crippen molar-refractivity contribution in [2.45, 2.75) is 37.7 Å². The summed E-state index contributed by atoms with van der Waals surface area (Å²) < 4.78 is 1.91. The second kappa shape index (κ2) is 8.48. The lowest BCUT2D eigenvalue weighted by atomic mass is 10.2. The molecular formula is C17H21N5O2S. The van der Waals surface area contributed by atoms with Crippen LogP contribution >= 0.6 is 11.8 Å². The van der Waals surface area contributed by atoms with E-state index in [4.69, 9.17) is 0 Å². The van der Waals surface area contributed by atoms with Crippen LogP contribution in [0, 0.1) is 6.92 Å². The van der Waals surface area contributed by atoms with Crippen LogP contribution in [-0.4, -0.2) is 31.8 Å². The number of nitrogens with zero attached hydrogens (tertiary/aromatic N) is 3. The number of benzene rings is 1. The Labute approximate surface area is 150 Å². The third-order valence-electron chi connectivity index (χ3n) is 3.34.